The largest absolute Gasteiger partial charge is 0.357 e. The second-order valence-electron chi connectivity index (χ2n) is 5.78. The van der Waals surface area contributed by atoms with Crippen molar-refractivity contribution in [3.05, 3.63) is 64.7 Å². The van der Waals surface area contributed by atoms with Crippen molar-refractivity contribution in [3.63, 3.8) is 0 Å². The zero-order valence-electron chi connectivity index (χ0n) is 14.0. The summed E-state index contributed by atoms with van der Waals surface area (Å²) in [5.41, 5.74) is 4.16. The molecule has 2 N–H and O–H groups in total. The van der Waals surface area contributed by atoms with Crippen LogP contribution in [0, 0.1) is 6.92 Å². The molecule has 2 heterocycles. The molecule has 0 saturated carbocycles. The molecule has 0 spiro atoms. The molecule has 8 heteroatoms. The van der Waals surface area contributed by atoms with E-state index in [0.717, 1.165) is 11.4 Å². The van der Waals surface area contributed by atoms with Gasteiger partial charge in [0.15, 0.2) is 5.11 Å². The average molecular weight is 375 g/mol. The fourth-order valence-corrected chi connectivity index (χ4v) is 2.79. The Morgan fingerprint density at radius 2 is 1.96 bits per heavy atom. The molecule has 3 rings (SSSR count). The van der Waals surface area contributed by atoms with Gasteiger partial charge in [-0.2, -0.15) is 10.2 Å². The number of aromatic nitrogens is 4. The summed E-state index contributed by atoms with van der Waals surface area (Å²) in [6.07, 6.45) is 5.29. The number of hydrogen-bond donors (Lipinski definition) is 2. The Labute approximate surface area is 156 Å². The lowest BCUT2D eigenvalue weighted by atomic mass is 10.1. The van der Waals surface area contributed by atoms with Gasteiger partial charge in [-0.05, 0) is 24.7 Å². The van der Waals surface area contributed by atoms with Crippen molar-refractivity contribution in [2.45, 2.75) is 20.0 Å². The molecule has 0 amide bonds. The van der Waals surface area contributed by atoms with Crippen molar-refractivity contribution in [1.82, 2.24) is 24.9 Å². The Balaban J connectivity index is 1.54. The summed E-state index contributed by atoms with van der Waals surface area (Å²) in [6.45, 7) is 3.29. The van der Waals surface area contributed by atoms with Gasteiger partial charge < -0.3 is 10.6 Å². The van der Waals surface area contributed by atoms with Crippen molar-refractivity contribution in [1.29, 1.82) is 0 Å². The molecule has 0 saturated heterocycles. The standard InChI is InChI=1S/C17H19ClN6S/c1-12-3-5-13(6-4-12)10-24-11-14(7-21-24)22-17(25)19-9-16-15(18)8-20-23(16)2/h3-8,11H,9-10H2,1-2H3,(H2,19,22,25). The Bertz CT molecular complexity index is 848. The van der Waals surface area contributed by atoms with Crippen molar-refractivity contribution in [3.8, 4) is 0 Å². The Morgan fingerprint density at radius 1 is 1.20 bits per heavy atom. The number of halogens is 1. The molecule has 130 valence electrons. The average Bonchev–Trinajstić information content (AvgIpc) is 3.14. The molecule has 0 fully saturated rings. The summed E-state index contributed by atoms with van der Waals surface area (Å²) in [5.74, 6) is 0. The summed E-state index contributed by atoms with van der Waals surface area (Å²) in [4.78, 5) is 0. The van der Waals surface area contributed by atoms with E-state index in [1.165, 1.54) is 11.1 Å². The van der Waals surface area contributed by atoms with Crippen LogP contribution in [0.2, 0.25) is 5.02 Å². The summed E-state index contributed by atoms with van der Waals surface area (Å²) >= 11 is 11.4. The normalized spacial score (nSPS) is 10.7. The third kappa shape index (κ3) is 4.58. The Kier molecular flexibility index (Phi) is 5.35. The van der Waals surface area contributed by atoms with Crippen LogP contribution >= 0.6 is 23.8 Å². The highest BCUT2D eigenvalue weighted by molar-refractivity contribution is 7.80. The predicted octanol–water partition coefficient (Wildman–Crippen LogP) is 3.11. The zero-order chi connectivity index (χ0) is 17.8. The van der Waals surface area contributed by atoms with Crippen molar-refractivity contribution in [2.75, 3.05) is 5.32 Å². The summed E-state index contributed by atoms with van der Waals surface area (Å²) < 4.78 is 3.59. The lowest BCUT2D eigenvalue weighted by Gasteiger charge is -2.09. The minimum Gasteiger partial charge on any atom is -0.357 e. The van der Waals surface area contributed by atoms with Crippen molar-refractivity contribution < 1.29 is 0 Å². The monoisotopic (exact) mass is 374 g/mol. The van der Waals surface area contributed by atoms with Crippen LogP contribution in [0.5, 0.6) is 0 Å². The molecular formula is C17H19ClN6S. The van der Waals surface area contributed by atoms with Crippen LogP contribution in [0.15, 0.2) is 42.9 Å². The first kappa shape index (κ1) is 17.4. The lowest BCUT2D eigenvalue weighted by molar-refractivity contribution is 0.687. The second-order valence-corrected chi connectivity index (χ2v) is 6.60. The molecule has 0 radical (unpaired) electrons. The van der Waals surface area contributed by atoms with Crippen molar-refractivity contribution >= 4 is 34.6 Å². The fourth-order valence-electron chi connectivity index (χ4n) is 2.37. The number of nitrogens with one attached hydrogen (secondary N) is 2. The predicted molar refractivity (Wildman–Crippen MR) is 104 cm³/mol. The smallest absolute Gasteiger partial charge is 0.171 e. The first-order valence-electron chi connectivity index (χ1n) is 7.80. The number of aryl methyl sites for hydroxylation is 2. The number of nitrogens with zero attached hydrogens (tertiary/aromatic N) is 4. The highest BCUT2D eigenvalue weighted by Gasteiger charge is 2.07. The van der Waals surface area contributed by atoms with Crippen LogP contribution in [-0.4, -0.2) is 24.7 Å². The Morgan fingerprint density at radius 3 is 2.64 bits per heavy atom. The van der Waals surface area contributed by atoms with E-state index >= 15 is 0 Å². The highest BCUT2D eigenvalue weighted by atomic mass is 35.5. The fraction of sp³-hybridized carbons (Fsp3) is 0.235. The van der Waals surface area contributed by atoms with Crippen LogP contribution in [0.25, 0.3) is 0 Å². The van der Waals surface area contributed by atoms with Gasteiger partial charge in [0.05, 0.1) is 41.9 Å². The number of benzene rings is 1. The van der Waals surface area contributed by atoms with E-state index < -0.39 is 0 Å². The third-order valence-corrected chi connectivity index (χ3v) is 4.35. The first-order valence-corrected chi connectivity index (χ1v) is 8.59. The number of anilines is 1. The van der Waals surface area contributed by atoms with Gasteiger partial charge in [-0.25, -0.2) is 0 Å². The molecule has 0 aliphatic heterocycles. The van der Waals surface area contributed by atoms with E-state index in [4.69, 9.17) is 23.8 Å². The van der Waals surface area contributed by atoms with E-state index in [9.17, 15) is 0 Å². The second kappa shape index (κ2) is 7.67. The zero-order valence-corrected chi connectivity index (χ0v) is 15.6. The third-order valence-electron chi connectivity index (χ3n) is 3.78. The maximum atomic E-state index is 6.08. The molecule has 25 heavy (non-hydrogen) atoms. The number of thiocarbonyl (C=S) groups is 1. The van der Waals surface area contributed by atoms with Gasteiger partial charge in [-0.3, -0.25) is 9.36 Å². The van der Waals surface area contributed by atoms with E-state index in [1.807, 2.05) is 17.9 Å². The van der Waals surface area contributed by atoms with Gasteiger partial charge in [0.2, 0.25) is 0 Å². The van der Waals surface area contributed by atoms with Gasteiger partial charge in [-0.1, -0.05) is 41.4 Å². The van der Waals surface area contributed by atoms with Crippen LogP contribution in [-0.2, 0) is 20.1 Å². The Hall–Kier alpha value is -2.38. The molecule has 0 unspecified atom stereocenters. The molecular weight excluding hydrogens is 356 g/mol. The van der Waals surface area contributed by atoms with E-state index in [-0.39, 0.29) is 0 Å². The molecule has 3 aromatic rings. The maximum Gasteiger partial charge on any atom is 0.171 e. The van der Waals surface area contributed by atoms with Gasteiger partial charge in [0.1, 0.15) is 0 Å². The number of rotatable bonds is 5. The molecule has 2 aromatic heterocycles. The topological polar surface area (TPSA) is 59.7 Å². The SMILES string of the molecule is Cc1ccc(Cn2cc(NC(=S)NCc3c(Cl)cnn3C)cn2)cc1. The van der Waals surface area contributed by atoms with Gasteiger partial charge >= 0.3 is 0 Å². The van der Waals surface area contributed by atoms with Crippen molar-refractivity contribution in [2.24, 2.45) is 7.05 Å². The minimum atomic E-state index is 0.499. The highest BCUT2D eigenvalue weighted by Crippen LogP contribution is 2.13. The van der Waals surface area contributed by atoms with Gasteiger partial charge in [0, 0.05) is 13.2 Å². The summed E-state index contributed by atoms with van der Waals surface area (Å²) in [7, 11) is 1.84. The molecule has 0 atom stereocenters. The maximum absolute atomic E-state index is 6.08. The van der Waals surface area contributed by atoms with Crippen LogP contribution < -0.4 is 10.6 Å². The first-order chi connectivity index (χ1) is 12.0. The van der Waals surface area contributed by atoms with E-state index in [2.05, 4.69) is 52.0 Å². The van der Waals surface area contributed by atoms with E-state index in [0.29, 0.717) is 23.2 Å². The van der Waals surface area contributed by atoms with Crippen LogP contribution in [0.4, 0.5) is 5.69 Å². The molecule has 0 aliphatic rings. The van der Waals surface area contributed by atoms with Gasteiger partial charge in [-0.15, -0.1) is 0 Å². The van der Waals surface area contributed by atoms with E-state index in [1.54, 1.807) is 17.1 Å². The molecule has 6 nitrogen and oxygen atoms in total. The lowest BCUT2D eigenvalue weighted by Crippen LogP contribution is -2.28. The van der Waals surface area contributed by atoms with Crippen LogP contribution in [0.1, 0.15) is 16.8 Å². The summed E-state index contributed by atoms with van der Waals surface area (Å²) in [6, 6.07) is 8.41. The number of hydrogen-bond acceptors (Lipinski definition) is 3. The minimum absolute atomic E-state index is 0.499. The molecule has 0 aliphatic carbocycles. The molecule has 0 bridgehead atoms. The quantitative estimate of drug-likeness (QED) is 0.672. The van der Waals surface area contributed by atoms with Gasteiger partial charge in [0.25, 0.3) is 0 Å². The molecule has 1 aromatic carbocycles. The van der Waals surface area contributed by atoms with Crippen LogP contribution in [0.3, 0.4) is 0 Å². The summed E-state index contributed by atoms with van der Waals surface area (Å²) in [5, 5.41) is 15.8.